The number of rotatable bonds is 20. The first-order valence-electron chi connectivity index (χ1n) is 26.4. The molecule has 5 aliphatic carbocycles. The van der Waals surface area contributed by atoms with Crippen LogP contribution < -0.4 is 29.7 Å². The lowest BCUT2D eigenvalue weighted by Gasteiger charge is -2.57. The smallest absolute Gasteiger partial charge is 0.306 e. The van der Waals surface area contributed by atoms with Crippen molar-refractivity contribution in [2.45, 2.75) is 147 Å². The van der Waals surface area contributed by atoms with Gasteiger partial charge in [-0.3, -0.25) is 33.6 Å². The minimum Gasteiger partial charge on any atom is -0.493 e. The van der Waals surface area contributed by atoms with Crippen LogP contribution in [0.1, 0.15) is 115 Å². The van der Waals surface area contributed by atoms with Gasteiger partial charge in [-0.2, -0.15) is 0 Å². The standard InChI is InChI=1S/C56H71NO18S2/c1-29(58)57-37-15-11-30-23-41(51(70-5)52(71-6)46(30)33-14-16-40(69-4)38(60)25-35(33)37)74-53-50(67)49(66)48(65)42(75-53)27-72-44(63)9-7-21-76-77-22-8-10-45(64)73-28-43(62)56(68)20-18-36-34-13-12-31-24-32(59)17-19-54(31,2)47(34)39(61)26-55(36,56)3/h14,16,23-25,34,36-37,42,47-50,53,65-68H,7-13,15,17-22,26-28H2,1-6H3,(H,57,58)/t34-,36-,37-,42+,47+,48+,49-,50+,53+,54-,55-,56-/m0/s1. The third-order valence-electron chi connectivity index (χ3n) is 17.1. The normalized spacial score (nSPS) is 31.1. The Morgan fingerprint density at radius 2 is 1.51 bits per heavy atom. The first-order chi connectivity index (χ1) is 36.7. The van der Waals surface area contributed by atoms with Gasteiger partial charge in [0.1, 0.15) is 42.4 Å². The average Bonchev–Trinajstić information content (AvgIpc) is 3.83. The minimum absolute atomic E-state index is 0.00505. The predicted molar refractivity (Wildman–Crippen MR) is 282 cm³/mol. The highest BCUT2D eigenvalue weighted by Gasteiger charge is 2.68. The zero-order valence-corrected chi connectivity index (χ0v) is 46.1. The molecule has 0 radical (unpaired) electrons. The third-order valence-corrected chi connectivity index (χ3v) is 19.7. The Kier molecular flexibility index (Phi) is 18.2. The molecule has 0 aromatic heterocycles. The Bertz CT molecular complexity index is 2720. The number of aliphatic hydroxyl groups is 4. The number of allylic oxidation sites excluding steroid dienone is 1. The number of hydrogen-bond acceptors (Lipinski definition) is 20. The second-order valence-corrected chi connectivity index (χ2v) is 24.3. The van der Waals surface area contributed by atoms with E-state index in [-0.39, 0.29) is 89.3 Å². The molecule has 0 unspecified atom stereocenters. The summed E-state index contributed by atoms with van der Waals surface area (Å²) in [6.07, 6.45) is -1.22. The fraction of sp³-hybridized carbons (Fsp3) is 0.625. The van der Waals surface area contributed by atoms with E-state index in [2.05, 4.69) is 12.2 Å². The van der Waals surface area contributed by atoms with Crippen LogP contribution in [0.2, 0.25) is 0 Å². The van der Waals surface area contributed by atoms with Gasteiger partial charge in [0.05, 0.1) is 27.4 Å². The molecule has 1 heterocycles. The SMILES string of the molecule is COc1c(O[C@@H]2O[C@H](COC(=O)CCCSSCCCC(=O)OCC(=O)[C@@]3(O)CC[C@H]4[C@@H]5CCC6=CC(=O)CC[C@]6(C)[C@H]5C(=O)C[C@@]43C)[C@@H](O)[C@H](O)[C@H]2O)cc2c(c1OC)-c1ccc(OC)c(=O)cc1[C@@H](NC(C)=O)CC2. The summed E-state index contributed by atoms with van der Waals surface area (Å²) in [5, 5.41) is 47.7. The van der Waals surface area contributed by atoms with Gasteiger partial charge in [0, 0.05) is 61.0 Å². The molecule has 3 saturated carbocycles. The Labute approximate surface area is 455 Å². The third kappa shape index (κ3) is 11.5. The van der Waals surface area contributed by atoms with Crippen molar-refractivity contribution >= 4 is 56.8 Å². The molecule has 6 aliphatic rings. The molecule has 1 saturated heterocycles. The van der Waals surface area contributed by atoms with Crippen molar-refractivity contribution in [3.05, 3.63) is 57.3 Å². The molecule has 2 aromatic rings. The molecule has 8 rings (SSSR count). The van der Waals surface area contributed by atoms with E-state index < -0.39 is 84.1 Å². The van der Waals surface area contributed by atoms with E-state index in [0.29, 0.717) is 78.7 Å². The lowest BCUT2D eigenvalue weighted by atomic mass is 9.46. The number of carbonyl (C=O) groups excluding carboxylic acids is 6. The van der Waals surface area contributed by atoms with Crippen molar-refractivity contribution in [2.24, 2.45) is 28.6 Å². The molecular weight excluding hydrogens is 1040 g/mol. The number of hydrogen-bond donors (Lipinski definition) is 5. The quantitative estimate of drug-likeness (QED) is 0.0656. The van der Waals surface area contributed by atoms with Crippen LogP contribution in [0.25, 0.3) is 11.1 Å². The summed E-state index contributed by atoms with van der Waals surface area (Å²) in [6.45, 7) is 4.28. The molecule has 420 valence electrons. The van der Waals surface area contributed by atoms with Crippen LogP contribution in [0.4, 0.5) is 0 Å². The predicted octanol–water partition coefficient (Wildman–Crippen LogP) is 5.09. The van der Waals surface area contributed by atoms with Gasteiger partial charge in [-0.15, -0.1) is 0 Å². The first kappa shape index (κ1) is 58.1. The van der Waals surface area contributed by atoms with Crippen LogP contribution in [0, 0.1) is 28.6 Å². The van der Waals surface area contributed by atoms with Gasteiger partial charge < -0.3 is 58.9 Å². The molecular formula is C56H71NO18S2. The number of esters is 2. The highest BCUT2D eigenvalue weighted by atomic mass is 33.1. The molecule has 0 bridgehead atoms. The van der Waals surface area contributed by atoms with E-state index in [9.17, 15) is 54.0 Å². The summed E-state index contributed by atoms with van der Waals surface area (Å²) in [7, 11) is 7.18. The number of ketones is 3. The number of Topliss-reactive ketones (excluding diaryl/α,β-unsaturated/α-hetero) is 2. The molecule has 0 spiro atoms. The minimum atomic E-state index is -1.79. The van der Waals surface area contributed by atoms with Crippen molar-refractivity contribution in [3.8, 4) is 34.1 Å². The number of carbonyl (C=O) groups is 6. The maximum absolute atomic E-state index is 13.9. The number of nitrogens with one attached hydrogen (secondary N) is 1. The van der Waals surface area contributed by atoms with Crippen LogP contribution in [-0.4, -0.2) is 138 Å². The molecule has 2 aromatic carbocycles. The van der Waals surface area contributed by atoms with E-state index in [1.807, 2.05) is 6.92 Å². The van der Waals surface area contributed by atoms with Crippen molar-refractivity contribution in [1.29, 1.82) is 0 Å². The van der Waals surface area contributed by atoms with Crippen LogP contribution in [0.3, 0.4) is 0 Å². The average molecular weight is 1110 g/mol. The Morgan fingerprint density at radius 3 is 2.18 bits per heavy atom. The van der Waals surface area contributed by atoms with E-state index in [1.54, 1.807) is 18.2 Å². The zero-order chi connectivity index (χ0) is 55.6. The lowest BCUT2D eigenvalue weighted by Crippen LogP contribution is -2.61. The fourth-order valence-corrected chi connectivity index (χ4v) is 15.3. The number of amides is 1. The number of methoxy groups -OCH3 is 3. The Balaban J connectivity index is 0.768. The van der Waals surface area contributed by atoms with Gasteiger partial charge in [0.2, 0.25) is 29.2 Å². The molecule has 12 atom stereocenters. The van der Waals surface area contributed by atoms with Gasteiger partial charge in [-0.25, -0.2) is 0 Å². The Morgan fingerprint density at radius 1 is 0.805 bits per heavy atom. The van der Waals surface area contributed by atoms with Crippen LogP contribution in [0.15, 0.2) is 40.7 Å². The first-order valence-corrected chi connectivity index (χ1v) is 28.9. The molecule has 19 nitrogen and oxygen atoms in total. The number of aryl methyl sites for hydroxylation is 1. The summed E-state index contributed by atoms with van der Waals surface area (Å²) in [4.78, 5) is 90.8. The molecule has 1 amide bonds. The van der Waals surface area contributed by atoms with Crippen LogP contribution in [0.5, 0.6) is 23.0 Å². The summed E-state index contributed by atoms with van der Waals surface area (Å²) in [5.41, 5.74) is -0.170. The van der Waals surface area contributed by atoms with E-state index in [0.717, 1.165) is 18.4 Å². The number of aliphatic hydroxyl groups excluding tert-OH is 3. The van der Waals surface area contributed by atoms with Crippen LogP contribution in [-0.2, 0) is 49.4 Å². The molecule has 77 heavy (non-hydrogen) atoms. The molecule has 4 fully saturated rings. The molecule has 5 N–H and O–H groups in total. The summed E-state index contributed by atoms with van der Waals surface area (Å²) < 4.78 is 39.9. The van der Waals surface area contributed by atoms with Crippen molar-refractivity contribution in [1.82, 2.24) is 5.32 Å². The zero-order valence-electron chi connectivity index (χ0n) is 44.4. The fourth-order valence-electron chi connectivity index (χ4n) is 13.2. The summed E-state index contributed by atoms with van der Waals surface area (Å²) in [5.74, 6) is -0.607. The van der Waals surface area contributed by atoms with Gasteiger partial charge in [0.15, 0.2) is 29.6 Å². The largest absolute Gasteiger partial charge is 0.493 e. The number of ether oxygens (including phenoxy) is 7. The summed E-state index contributed by atoms with van der Waals surface area (Å²) in [6, 6.07) is 5.74. The van der Waals surface area contributed by atoms with Gasteiger partial charge in [-0.1, -0.05) is 47.1 Å². The van der Waals surface area contributed by atoms with Gasteiger partial charge in [-0.05, 0) is 116 Å². The number of benzene rings is 1. The van der Waals surface area contributed by atoms with Gasteiger partial charge >= 0.3 is 11.9 Å². The Hall–Kier alpha value is -5.03. The molecule has 1 aliphatic heterocycles. The van der Waals surface area contributed by atoms with Crippen LogP contribution >= 0.6 is 21.6 Å². The van der Waals surface area contributed by atoms with Gasteiger partial charge in [0.25, 0.3) is 0 Å². The highest BCUT2D eigenvalue weighted by molar-refractivity contribution is 8.76. The van der Waals surface area contributed by atoms with Crippen molar-refractivity contribution in [2.75, 3.05) is 46.0 Å². The maximum Gasteiger partial charge on any atom is 0.306 e. The van der Waals surface area contributed by atoms with E-state index in [1.165, 1.54) is 62.0 Å². The highest BCUT2D eigenvalue weighted by Crippen LogP contribution is 2.66. The molecule has 21 heteroatoms. The second-order valence-electron chi connectivity index (χ2n) is 21.6. The van der Waals surface area contributed by atoms with E-state index in [4.69, 9.17) is 33.2 Å². The van der Waals surface area contributed by atoms with Crippen molar-refractivity contribution in [3.63, 3.8) is 0 Å². The monoisotopic (exact) mass is 1110 g/mol. The number of fused-ring (bicyclic) bond motifs is 8. The van der Waals surface area contributed by atoms with Crippen molar-refractivity contribution < 1.29 is 82.4 Å². The summed E-state index contributed by atoms with van der Waals surface area (Å²) >= 11 is 0. The second kappa shape index (κ2) is 24.1. The maximum atomic E-state index is 13.9. The topological polar surface area (TPSA) is 277 Å². The lowest BCUT2D eigenvalue weighted by molar-refractivity contribution is -0.278. The van der Waals surface area contributed by atoms with E-state index >= 15 is 0 Å².